The van der Waals surface area contributed by atoms with Gasteiger partial charge in [-0.2, -0.15) is 0 Å². The molecule has 0 aliphatic heterocycles. The van der Waals surface area contributed by atoms with Crippen LogP contribution in [0.25, 0.3) is 11.1 Å². The lowest BCUT2D eigenvalue weighted by atomic mass is 9.81. The zero-order valence-corrected chi connectivity index (χ0v) is 16.3. The number of benzene rings is 1. The van der Waals surface area contributed by atoms with Gasteiger partial charge in [0.05, 0.1) is 4.90 Å². The molecule has 4 heteroatoms. The monoisotopic (exact) mass is 367 g/mol. The van der Waals surface area contributed by atoms with Gasteiger partial charge in [0.1, 0.15) is 0 Å². The average molecular weight is 368 g/mol. The lowest BCUT2D eigenvalue weighted by molar-refractivity contribution is 0.330. The van der Waals surface area contributed by atoms with E-state index in [4.69, 9.17) is 0 Å². The SMILES string of the molecule is Cc1ccc(C2=C(c3ccc(S(C)(=O)=O)cc3)CC3(CCCC3)C2)cn1. The predicted octanol–water partition coefficient (Wildman–Crippen LogP) is 5.06. The predicted molar refractivity (Wildman–Crippen MR) is 105 cm³/mol. The van der Waals surface area contributed by atoms with E-state index in [9.17, 15) is 8.42 Å². The number of rotatable bonds is 3. The summed E-state index contributed by atoms with van der Waals surface area (Å²) in [6, 6.07) is 11.7. The Kier molecular flexibility index (Phi) is 4.26. The van der Waals surface area contributed by atoms with Crippen LogP contribution in [0.3, 0.4) is 0 Å². The van der Waals surface area contributed by atoms with Crippen LogP contribution in [0.1, 0.15) is 55.3 Å². The quantitative estimate of drug-likeness (QED) is 0.762. The third-order valence-corrected chi connectivity index (χ3v) is 7.15. The van der Waals surface area contributed by atoms with Crippen LogP contribution in [0.5, 0.6) is 0 Å². The molecule has 4 rings (SSSR count). The molecule has 2 aromatic rings. The van der Waals surface area contributed by atoms with Crippen LogP contribution in [-0.4, -0.2) is 19.7 Å². The van der Waals surface area contributed by atoms with E-state index in [2.05, 4.69) is 17.1 Å². The van der Waals surface area contributed by atoms with E-state index in [1.807, 2.05) is 25.3 Å². The van der Waals surface area contributed by atoms with E-state index < -0.39 is 9.84 Å². The summed E-state index contributed by atoms with van der Waals surface area (Å²) in [5.41, 5.74) is 6.55. The van der Waals surface area contributed by atoms with Crippen molar-refractivity contribution in [3.63, 3.8) is 0 Å². The molecule has 1 aromatic heterocycles. The second-order valence-electron chi connectivity index (χ2n) is 8.00. The van der Waals surface area contributed by atoms with E-state index in [-0.39, 0.29) is 0 Å². The molecule has 136 valence electrons. The Hall–Kier alpha value is -1.94. The lowest BCUT2D eigenvalue weighted by Gasteiger charge is -2.23. The second-order valence-corrected chi connectivity index (χ2v) is 10.0. The van der Waals surface area contributed by atoms with Crippen molar-refractivity contribution in [3.8, 4) is 0 Å². The van der Waals surface area contributed by atoms with Crippen LogP contribution in [0.2, 0.25) is 0 Å². The molecule has 0 bridgehead atoms. The summed E-state index contributed by atoms with van der Waals surface area (Å²) in [5, 5.41) is 0. The molecule has 26 heavy (non-hydrogen) atoms. The van der Waals surface area contributed by atoms with Gasteiger partial charge in [-0.3, -0.25) is 4.98 Å². The normalized spacial score (nSPS) is 19.5. The first-order chi connectivity index (χ1) is 12.4. The Balaban J connectivity index is 1.78. The molecule has 1 aromatic carbocycles. The number of sulfone groups is 1. The highest BCUT2D eigenvalue weighted by molar-refractivity contribution is 7.90. The molecule has 0 atom stereocenters. The molecule has 0 N–H and O–H groups in total. The Labute approximate surface area is 156 Å². The molecule has 0 amide bonds. The van der Waals surface area contributed by atoms with E-state index in [0.717, 1.165) is 24.1 Å². The van der Waals surface area contributed by atoms with Crippen molar-refractivity contribution >= 4 is 21.0 Å². The molecule has 0 radical (unpaired) electrons. The van der Waals surface area contributed by atoms with Gasteiger partial charge < -0.3 is 0 Å². The highest BCUT2D eigenvalue weighted by atomic mass is 32.2. The number of hydrogen-bond acceptors (Lipinski definition) is 3. The molecule has 1 spiro atoms. The summed E-state index contributed by atoms with van der Waals surface area (Å²) < 4.78 is 23.5. The van der Waals surface area contributed by atoms with Crippen molar-refractivity contribution in [2.75, 3.05) is 6.26 Å². The summed E-state index contributed by atoms with van der Waals surface area (Å²) in [6.07, 6.45) is 10.7. The van der Waals surface area contributed by atoms with E-state index in [1.54, 1.807) is 12.1 Å². The average Bonchev–Trinajstić information content (AvgIpc) is 3.22. The molecule has 2 aliphatic carbocycles. The van der Waals surface area contributed by atoms with Gasteiger partial charge in [0, 0.05) is 18.1 Å². The first-order valence-corrected chi connectivity index (χ1v) is 11.2. The molecule has 1 heterocycles. The summed E-state index contributed by atoms with van der Waals surface area (Å²) in [4.78, 5) is 4.88. The first-order valence-electron chi connectivity index (χ1n) is 9.32. The third-order valence-electron chi connectivity index (χ3n) is 6.02. The number of aryl methyl sites for hydroxylation is 1. The molecule has 0 unspecified atom stereocenters. The minimum absolute atomic E-state index is 0.383. The van der Waals surface area contributed by atoms with Crippen molar-refractivity contribution in [1.29, 1.82) is 0 Å². The van der Waals surface area contributed by atoms with Crippen molar-refractivity contribution in [2.45, 2.75) is 50.3 Å². The summed E-state index contributed by atoms with van der Waals surface area (Å²) >= 11 is 0. The van der Waals surface area contributed by atoms with Crippen molar-refractivity contribution in [1.82, 2.24) is 4.98 Å². The van der Waals surface area contributed by atoms with Gasteiger partial charge in [0.2, 0.25) is 0 Å². The summed E-state index contributed by atoms with van der Waals surface area (Å²) in [7, 11) is -3.16. The maximum Gasteiger partial charge on any atom is 0.175 e. The highest BCUT2D eigenvalue weighted by Gasteiger charge is 2.41. The molecule has 1 saturated carbocycles. The number of nitrogens with zero attached hydrogens (tertiary/aromatic N) is 1. The van der Waals surface area contributed by atoms with Gasteiger partial charge in [-0.25, -0.2) is 8.42 Å². The van der Waals surface area contributed by atoms with Crippen molar-refractivity contribution in [3.05, 3.63) is 59.4 Å². The molecule has 3 nitrogen and oxygen atoms in total. The molecule has 2 aliphatic rings. The van der Waals surface area contributed by atoms with Gasteiger partial charge in [-0.1, -0.05) is 31.0 Å². The van der Waals surface area contributed by atoms with Gasteiger partial charge in [0.25, 0.3) is 0 Å². The number of allylic oxidation sites excluding steroid dienone is 2. The number of hydrogen-bond donors (Lipinski definition) is 0. The fourth-order valence-electron chi connectivity index (χ4n) is 4.61. The Morgan fingerprint density at radius 1 is 0.885 bits per heavy atom. The summed E-state index contributed by atoms with van der Waals surface area (Å²) in [5.74, 6) is 0. The van der Waals surface area contributed by atoms with E-state index in [1.165, 1.54) is 48.6 Å². The second kappa shape index (κ2) is 6.34. The fraction of sp³-hybridized carbons (Fsp3) is 0.409. The van der Waals surface area contributed by atoms with Crippen LogP contribution in [-0.2, 0) is 9.84 Å². The Bertz CT molecular complexity index is 948. The summed E-state index contributed by atoms with van der Waals surface area (Å²) in [6.45, 7) is 2.01. The van der Waals surface area contributed by atoms with Gasteiger partial charge >= 0.3 is 0 Å². The molecular formula is C22H25NO2S. The van der Waals surface area contributed by atoms with Crippen LogP contribution in [0.15, 0.2) is 47.5 Å². The Morgan fingerprint density at radius 3 is 2.00 bits per heavy atom. The van der Waals surface area contributed by atoms with E-state index in [0.29, 0.717) is 10.3 Å². The zero-order valence-electron chi connectivity index (χ0n) is 15.5. The molecule has 1 fully saturated rings. The molecule has 0 saturated heterocycles. The fourth-order valence-corrected chi connectivity index (χ4v) is 5.24. The topological polar surface area (TPSA) is 47.0 Å². The third kappa shape index (κ3) is 3.23. The molecular weight excluding hydrogens is 342 g/mol. The number of pyridine rings is 1. The van der Waals surface area contributed by atoms with Crippen LogP contribution in [0, 0.1) is 12.3 Å². The van der Waals surface area contributed by atoms with Crippen molar-refractivity contribution in [2.24, 2.45) is 5.41 Å². The van der Waals surface area contributed by atoms with Crippen LogP contribution >= 0.6 is 0 Å². The largest absolute Gasteiger partial charge is 0.261 e. The standard InChI is InChI=1S/C22H25NO2S/c1-16-5-6-18(15-23-16)21-14-22(11-3-4-12-22)13-20(21)17-7-9-19(10-8-17)26(2,24)25/h5-10,15H,3-4,11-14H2,1-2H3. The lowest BCUT2D eigenvalue weighted by Crippen LogP contribution is -2.11. The highest BCUT2D eigenvalue weighted by Crippen LogP contribution is 2.57. The van der Waals surface area contributed by atoms with Gasteiger partial charge in [-0.05, 0) is 78.5 Å². The van der Waals surface area contributed by atoms with E-state index >= 15 is 0 Å². The number of aromatic nitrogens is 1. The van der Waals surface area contributed by atoms with Gasteiger partial charge in [-0.15, -0.1) is 0 Å². The van der Waals surface area contributed by atoms with Crippen LogP contribution in [0.4, 0.5) is 0 Å². The first kappa shape index (κ1) is 17.5. The maximum absolute atomic E-state index is 11.8. The van der Waals surface area contributed by atoms with Crippen LogP contribution < -0.4 is 0 Å². The smallest absolute Gasteiger partial charge is 0.175 e. The van der Waals surface area contributed by atoms with Crippen molar-refractivity contribution < 1.29 is 8.42 Å². The minimum atomic E-state index is -3.16. The maximum atomic E-state index is 11.8. The Morgan fingerprint density at radius 2 is 1.46 bits per heavy atom. The minimum Gasteiger partial charge on any atom is -0.261 e. The zero-order chi connectivity index (χ0) is 18.4. The van der Waals surface area contributed by atoms with Gasteiger partial charge in [0.15, 0.2) is 9.84 Å².